The van der Waals surface area contributed by atoms with E-state index in [0.717, 1.165) is 30.4 Å². The number of unbranched alkanes of at least 4 members (excludes halogenated alkanes) is 2. The first-order valence-electron chi connectivity index (χ1n) is 8.97. The molecule has 3 heteroatoms. The molecule has 2 N–H and O–H groups in total. The van der Waals surface area contributed by atoms with Gasteiger partial charge in [-0.3, -0.25) is 9.59 Å². The summed E-state index contributed by atoms with van der Waals surface area (Å²) < 4.78 is 0. The molecule has 0 aromatic heterocycles. The number of para-hydroxylation sites is 1. The molecule has 3 nitrogen and oxygen atoms in total. The van der Waals surface area contributed by atoms with Crippen LogP contribution >= 0.6 is 0 Å². The second-order valence-electron chi connectivity index (χ2n) is 6.62. The highest BCUT2D eigenvalue weighted by atomic mass is 16.1. The van der Waals surface area contributed by atoms with Crippen molar-refractivity contribution in [2.24, 2.45) is 0 Å². The van der Waals surface area contributed by atoms with E-state index in [0.29, 0.717) is 31.4 Å². The number of benzene rings is 2. The van der Waals surface area contributed by atoms with E-state index in [1.54, 1.807) is 0 Å². The van der Waals surface area contributed by atoms with E-state index in [1.807, 2.05) is 55.5 Å². The fourth-order valence-electron chi connectivity index (χ4n) is 2.93. The number of Topliss-reactive ketones (excluding diaryl/α,β-unsaturated/α-hetero) is 2. The number of ketones is 2. The Bertz CT molecular complexity index is 660. The first-order valence-corrected chi connectivity index (χ1v) is 8.97. The van der Waals surface area contributed by atoms with Gasteiger partial charge in [0.1, 0.15) is 11.6 Å². The smallest absolute Gasteiger partial charge is 0.137 e. The van der Waals surface area contributed by atoms with Crippen LogP contribution in [-0.4, -0.2) is 11.6 Å². The molecular weight excluding hydrogens is 310 g/mol. The van der Waals surface area contributed by atoms with Gasteiger partial charge in [-0.05, 0) is 42.5 Å². The van der Waals surface area contributed by atoms with Crippen molar-refractivity contribution in [2.45, 2.75) is 51.9 Å². The van der Waals surface area contributed by atoms with Gasteiger partial charge in [0, 0.05) is 31.4 Å². The molecule has 0 atom stereocenters. The average Bonchev–Trinajstić information content (AvgIpc) is 2.59. The van der Waals surface area contributed by atoms with E-state index >= 15 is 0 Å². The number of carbonyl (C=O) groups is 2. The molecule has 0 heterocycles. The Hall–Kier alpha value is -2.42. The van der Waals surface area contributed by atoms with Crippen molar-refractivity contribution in [1.29, 1.82) is 0 Å². The fraction of sp³-hybridized carbons (Fsp3) is 0.364. The number of hydrogen-bond acceptors (Lipinski definition) is 3. The number of hydrogen-bond donors (Lipinski definition) is 1. The molecule has 0 fully saturated rings. The molecule has 25 heavy (non-hydrogen) atoms. The van der Waals surface area contributed by atoms with E-state index < -0.39 is 0 Å². The summed E-state index contributed by atoms with van der Waals surface area (Å²) in [6.45, 7) is 2.04. The maximum absolute atomic E-state index is 12.1. The van der Waals surface area contributed by atoms with Gasteiger partial charge in [0.05, 0.1) is 0 Å². The Morgan fingerprint density at radius 1 is 0.760 bits per heavy atom. The molecule has 0 aliphatic heterocycles. The third-order valence-electron chi connectivity index (χ3n) is 4.50. The summed E-state index contributed by atoms with van der Waals surface area (Å²) in [5, 5.41) is 0. The SMILES string of the molecule is Cc1ccccc1CC(=O)CCCCCC(=O)Cc1ccccc1N. The van der Waals surface area contributed by atoms with Gasteiger partial charge in [0.25, 0.3) is 0 Å². The maximum Gasteiger partial charge on any atom is 0.137 e. The van der Waals surface area contributed by atoms with Gasteiger partial charge in [0.2, 0.25) is 0 Å². The quantitative estimate of drug-likeness (QED) is 0.514. The molecule has 2 aromatic carbocycles. The number of nitrogens with two attached hydrogens (primary N) is 1. The van der Waals surface area contributed by atoms with Crippen LogP contribution in [0.5, 0.6) is 0 Å². The molecule has 2 aromatic rings. The van der Waals surface area contributed by atoms with Crippen LogP contribution in [0.2, 0.25) is 0 Å². The van der Waals surface area contributed by atoms with Crippen LogP contribution in [0.15, 0.2) is 48.5 Å². The number of anilines is 1. The lowest BCUT2D eigenvalue weighted by molar-refractivity contribution is -0.118. The number of nitrogen functional groups attached to an aromatic ring is 1. The zero-order valence-corrected chi connectivity index (χ0v) is 15.0. The second kappa shape index (κ2) is 9.77. The topological polar surface area (TPSA) is 60.2 Å². The van der Waals surface area contributed by atoms with Crippen LogP contribution in [0.3, 0.4) is 0 Å². The fourth-order valence-corrected chi connectivity index (χ4v) is 2.93. The van der Waals surface area contributed by atoms with Crippen molar-refractivity contribution in [3.05, 3.63) is 65.2 Å². The summed E-state index contributed by atoms with van der Waals surface area (Å²) in [4.78, 5) is 24.1. The minimum Gasteiger partial charge on any atom is -0.398 e. The molecule has 0 spiro atoms. The van der Waals surface area contributed by atoms with Gasteiger partial charge in [0.15, 0.2) is 0 Å². The van der Waals surface area contributed by atoms with Gasteiger partial charge in [-0.1, -0.05) is 48.9 Å². The molecule has 0 aliphatic rings. The molecule has 0 amide bonds. The summed E-state index contributed by atoms with van der Waals surface area (Å²) >= 11 is 0. The van der Waals surface area contributed by atoms with Gasteiger partial charge < -0.3 is 5.73 Å². The molecule has 0 radical (unpaired) electrons. The van der Waals surface area contributed by atoms with Gasteiger partial charge in [-0.2, -0.15) is 0 Å². The highest BCUT2D eigenvalue weighted by molar-refractivity contribution is 5.82. The first kappa shape index (κ1) is 18.9. The molecule has 2 rings (SSSR count). The van der Waals surface area contributed by atoms with Crippen molar-refractivity contribution in [1.82, 2.24) is 0 Å². The minimum atomic E-state index is 0.212. The summed E-state index contributed by atoms with van der Waals surface area (Å²) in [5.74, 6) is 0.488. The Balaban J connectivity index is 1.61. The Kier molecular flexibility index (Phi) is 7.39. The number of rotatable bonds is 10. The lowest BCUT2D eigenvalue weighted by Crippen LogP contribution is -2.06. The molecule has 132 valence electrons. The van der Waals surface area contributed by atoms with Gasteiger partial charge in [-0.15, -0.1) is 0 Å². The second-order valence-corrected chi connectivity index (χ2v) is 6.62. The monoisotopic (exact) mass is 337 g/mol. The van der Waals surface area contributed by atoms with Crippen molar-refractivity contribution in [3.63, 3.8) is 0 Å². The van der Waals surface area contributed by atoms with E-state index in [4.69, 9.17) is 5.73 Å². The van der Waals surface area contributed by atoms with Crippen LogP contribution < -0.4 is 5.73 Å². The van der Waals surface area contributed by atoms with Gasteiger partial charge >= 0.3 is 0 Å². The zero-order valence-electron chi connectivity index (χ0n) is 15.0. The third kappa shape index (κ3) is 6.54. The highest BCUT2D eigenvalue weighted by Crippen LogP contribution is 2.14. The summed E-state index contributed by atoms with van der Waals surface area (Å²) in [5.41, 5.74) is 9.73. The summed E-state index contributed by atoms with van der Waals surface area (Å²) in [6.07, 6.45) is 4.66. The lowest BCUT2D eigenvalue weighted by atomic mass is 9.99. The van der Waals surface area contributed by atoms with Crippen molar-refractivity contribution in [2.75, 3.05) is 5.73 Å². The molecule has 0 aliphatic carbocycles. The molecule has 0 saturated carbocycles. The van der Waals surface area contributed by atoms with Crippen molar-refractivity contribution < 1.29 is 9.59 Å². The summed E-state index contributed by atoms with van der Waals surface area (Å²) in [6, 6.07) is 15.5. The zero-order chi connectivity index (χ0) is 18.1. The van der Waals surface area contributed by atoms with Crippen LogP contribution in [-0.2, 0) is 22.4 Å². The first-order chi connectivity index (χ1) is 12.1. The van der Waals surface area contributed by atoms with E-state index in [9.17, 15) is 9.59 Å². The van der Waals surface area contributed by atoms with Crippen LogP contribution in [0.25, 0.3) is 0 Å². The predicted molar refractivity (Wildman–Crippen MR) is 103 cm³/mol. The number of carbonyl (C=O) groups excluding carboxylic acids is 2. The van der Waals surface area contributed by atoms with E-state index in [-0.39, 0.29) is 11.6 Å². The minimum absolute atomic E-state index is 0.212. The van der Waals surface area contributed by atoms with Crippen LogP contribution in [0, 0.1) is 6.92 Å². The van der Waals surface area contributed by atoms with Gasteiger partial charge in [-0.25, -0.2) is 0 Å². The van der Waals surface area contributed by atoms with E-state index in [1.165, 1.54) is 5.56 Å². The Morgan fingerprint density at radius 2 is 1.28 bits per heavy atom. The molecular formula is C22H27NO2. The van der Waals surface area contributed by atoms with E-state index in [2.05, 4.69) is 0 Å². The normalized spacial score (nSPS) is 10.6. The predicted octanol–water partition coefficient (Wildman–Crippen LogP) is 4.45. The van der Waals surface area contributed by atoms with Crippen molar-refractivity contribution >= 4 is 17.3 Å². The standard InChI is InChI=1S/C22H27NO2/c1-17-9-5-6-10-18(17)15-20(24)12-3-2-4-13-21(25)16-19-11-7-8-14-22(19)23/h5-11,14H,2-4,12-13,15-16,23H2,1H3. The molecule has 0 saturated heterocycles. The summed E-state index contributed by atoms with van der Waals surface area (Å²) in [7, 11) is 0. The largest absolute Gasteiger partial charge is 0.398 e. The third-order valence-corrected chi connectivity index (χ3v) is 4.50. The van der Waals surface area contributed by atoms with Crippen molar-refractivity contribution in [3.8, 4) is 0 Å². The Labute approximate surface area is 150 Å². The lowest BCUT2D eigenvalue weighted by Gasteiger charge is -2.06. The maximum atomic E-state index is 12.1. The highest BCUT2D eigenvalue weighted by Gasteiger charge is 2.08. The van der Waals surface area contributed by atoms with Crippen LogP contribution in [0.1, 0.15) is 48.8 Å². The molecule has 0 unspecified atom stereocenters. The molecule has 0 bridgehead atoms. The average molecular weight is 337 g/mol. The van der Waals surface area contributed by atoms with Crippen LogP contribution in [0.4, 0.5) is 5.69 Å². The Morgan fingerprint density at radius 3 is 1.88 bits per heavy atom. The number of aryl methyl sites for hydroxylation is 1.